The molecule has 164 valence electrons. The molecule has 1 aromatic carbocycles. The second-order valence-electron chi connectivity index (χ2n) is 7.93. The molecule has 2 aliphatic heterocycles. The fraction of sp³-hybridized carbons (Fsp3) is 0.391. The van der Waals surface area contributed by atoms with Gasteiger partial charge in [-0.05, 0) is 57.2 Å². The van der Waals surface area contributed by atoms with E-state index in [9.17, 15) is 8.78 Å². The van der Waals surface area contributed by atoms with Gasteiger partial charge in [-0.1, -0.05) is 34.7 Å². The summed E-state index contributed by atoms with van der Waals surface area (Å²) in [6.07, 6.45) is 1.50. The van der Waals surface area contributed by atoms with E-state index in [1.54, 1.807) is 6.20 Å². The number of para-hydroxylation sites is 1. The number of anilines is 1. The van der Waals surface area contributed by atoms with Gasteiger partial charge in [-0.15, -0.1) is 0 Å². The Balaban J connectivity index is 1.49. The molecular weight excluding hydrogens is 416 g/mol. The number of hydrogen-bond donors (Lipinski definition) is 0. The number of rotatable bonds is 7. The third-order valence-electron chi connectivity index (χ3n) is 5.74. The lowest BCUT2D eigenvalue weighted by Crippen LogP contribution is -2.34. The average Bonchev–Trinajstić information content (AvgIpc) is 3.29. The van der Waals surface area contributed by atoms with Gasteiger partial charge in [-0.25, -0.2) is 8.78 Å². The van der Waals surface area contributed by atoms with E-state index in [1.807, 2.05) is 30.3 Å². The molecule has 2 aromatic rings. The summed E-state index contributed by atoms with van der Waals surface area (Å²) >= 11 is 0. The Morgan fingerprint density at radius 3 is 2.48 bits per heavy atom. The first kappa shape index (κ1) is 21.8. The van der Waals surface area contributed by atoms with Crippen LogP contribution in [-0.2, 0) is 6.54 Å². The second kappa shape index (κ2) is 9.78. The smallest absolute Gasteiger partial charge is 0.278 e. The third kappa shape index (κ3) is 5.25. The molecule has 3 heterocycles. The first-order valence-electron chi connectivity index (χ1n) is 10.4. The molecule has 1 fully saturated rings. The third-order valence-corrected chi connectivity index (χ3v) is 7.89. The Labute approximate surface area is 184 Å². The van der Waals surface area contributed by atoms with Gasteiger partial charge >= 0.3 is 0 Å². The van der Waals surface area contributed by atoms with E-state index >= 15 is 0 Å². The zero-order valence-electron chi connectivity index (χ0n) is 17.6. The van der Waals surface area contributed by atoms with E-state index in [4.69, 9.17) is 0 Å². The molecule has 1 saturated heterocycles. The summed E-state index contributed by atoms with van der Waals surface area (Å²) in [6, 6.07) is 14.2. The van der Waals surface area contributed by atoms with E-state index in [1.165, 1.54) is 0 Å². The largest absolute Gasteiger partial charge is 0.316 e. The molecule has 8 heteroatoms. The summed E-state index contributed by atoms with van der Waals surface area (Å²) in [5.41, 5.74) is 3.14. The van der Waals surface area contributed by atoms with Crippen LogP contribution in [0.2, 0.25) is 0 Å². The number of piperidine rings is 1. The lowest BCUT2D eigenvalue weighted by Gasteiger charge is -2.37. The van der Waals surface area contributed by atoms with Crippen molar-refractivity contribution in [3.05, 3.63) is 59.9 Å². The van der Waals surface area contributed by atoms with Crippen LogP contribution in [-0.4, -0.2) is 59.0 Å². The monoisotopic (exact) mass is 443 g/mol. The van der Waals surface area contributed by atoms with Crippen molar-refractivity contribution >= 4 is 33.7 Å². The highest BCUT2D eigenvalue weighted by atomic mass is 32.2. The Hall–Kier alpha value is -2.45. The van der Waals surface area contributed by atoms with Crippen LogP contribution >= 0.6 is 10.7 Å². The lowest BCUT2D eigenvalue weighted by molar-refractivity contribution is 0.224. The first-order chi connectivity index (χ1) is 15.0. The Morgan fingerprint density at radius 2 is 1.87 bits per heavy atom. The molecular formula is C23H27F2N5S. The second-order valence-corrected chi connectivity index (χ2v) is 9.84. The van der Waals surface area contributed by atoms with E-state index in [2.05, 4.69) is 49.4 Å². The van der Waals surface area contributed by atoms with E-state index < -0.39 is 6.43 Å². The standard InChI is InChI=1S/C23H27F2N5S/c1-29-12-10-20(11-13-29)31(2)30(19-6-4-3-5-7-19)16-18-9-8-17(15-26-18)21-14-22(23(24)25)28-27-21/h3-9,15,20,23H,2,10-14,16H2,1H3. The zero-order chi connectivity index (χ0) is 21.8. The summed E-state index contributed by atoms with van der Waals surface area (Å²) in [4.78, 5) is 6.98. The number of pyridine rings is 1. The maximum Gasteiger partial charge on any atom is 0.278 e. The maximum absolute atomic E-state index is 12.8. The molecule has 1 aromatic heterocycles. The molecule has 2 aliphatic rings. The Kier molecular flexibility index (Phi) is 6.87. The topological polar surface area (TPSA) is 44.1 Å². The van der Waals surface area contributed by atoms with Crippen LogP contribution in [0, 0.1) is 0 Å². The number of likely N-dealkylation sites (tertiary alicyclic amines) is 1. The molecule has 1 atom stereocenters. The van der Waals surface area contributed by atoms with Crippen LogP contribution < -0.4 is 4.31 Å². The number of aromatic nitrogens is 1. The Bertz CT molecular complexity index is 967. The number of alkyl halides is 2. The highest BCUT2D eigenvalue weighted by Crippen LogP contribution is 2.36. The minimum atomic E-state index is -2.57. The normalized spacial score (nSPS) is 18.7. The van der Waals surface area contributed by atoms with E-state index in [0.717, 1.165) is 42.9 Å². The van der Waals surface area contributed by atoms with Crippen LogP contribution in [0.3, 0.4) is 0 Å². The van der Waals surface area contributed by atoms with Crippen molar-refractivity contribution < 1.29 is 8.78 Å². The molecule has 0 saturated carbocycles. The van der Waals surface area contributed by atoms with E-state index in [-0.39, 0.29) is 22.8 Å². The Morgan fingerprint density at radius 1 is 1.13 bits per heavy atom. The predicted molar refractivity (Wildman–Crippen MR) is 127 cm³/mol. The highest BCUT2D eigenvalue weighted by Gasteiger charge is 2.24. The van der Waals surface area contributed by atoms with Gasteiger partial charge in [-0.3, -0.25) is 4.98 Å². The molecule has 31 heavy (non-hydrogen) atoms. The molecule has 0 spiro atoms. The van der Waals surface area contributed by atoms with Gasteiger partial charge in [0.25, 0.3) is 6.43 Å². The predicted octanol–water partition coefficient (Wildman–Crippen LogP) is 4.61. The minimum Gasteiger partial charge on any atom is -0.316 e. The van der Waals surface area contributed by atoms with Crippen molar-refractivity contribution in [3.8, 4) is 0 Å². The summed E-state index contributed by atoms with van der Waals surface area (Å²) in [5, 5.41) is 8.05. The van der Waals surface area contributed by atoms with Crippen molar-refractivity contribution in [1.29, 1.82) is 0 Å². The zero-order valence-corrected chi connectivity index (χ0v) is 18.4. The van der Waals surface area contributed by atoms with Gasteiger partial charge in [0, 0.05) is 29.1 Å². The molecule has 0 amide bonds. The molecule has 0 radical (unpaired) electrons. The van der Waals surface area contributed by atoms with Crippen molar-refractivity contribution in [1.82, 2.24) is 9.88 Å². The van der Waals surface area contributed by atoms with E-state index in [0.29, 0.717) is 17.5 Å². The summed E-state index contributed by atoms with van der Waals surface area (Å²) in [6.45, 7) is 2.85. The van der Waals surface area contributed by atoms with Crippen molar-refractivity contribution in [2.24, 2.45) is 10.2 Å². The van der Waals surface area contributed by atoms with Gasteiger partial charge in [-0.2, -0.15) is 10.2 Å². The van der Waals surface area contributed by atoms with Gasteiger partial charge in [0.15, 0.2) is 0 Å². The summed E-state index contributed by atoms with van der Waals surface area (Å²) < 4.78 is 28.0. The minimum absolute atomic E-state index is 0.0767. The van der Waals surface area contributed by atoms with Crippen molar-refractivity contribution in [2.75, 3.05) is 24.4 Å². The van der Waals surface area contributed by atoms with Gasteiger partial charge < -0.3 is 9.21 Å². The average molecular weight is 444 g/mol. The first-order valence-corrected chi connectivity index (χ1v) is 11.8. The number of hydrogen-bond acceptors (Lipinski definition) is 5. The van der Waals surface area contributed by atoms with Gasteiger partial charge in [0.1, 0.15) is 5.71 Å². The maximum atomic E-state index is 12.8. The molecule has 0 bridgehead atoms. The summed E-state index contributed by atoms with van der Waals surface area (Å²) in [7, 11) is 1.98. The van der Waals surface area contributed by atoms with Gasteiger partial charge in [0.05, 0.1) is 18.0 Å². The van der Waals surface area contributed by atoms with Crippen molar-refractivity contribution in [3.63, 3.8) is 0 Å². The van der Waals surface area contributed by atoms with Gasteiger partial charge in [0.2, 0.25) is 0 Å². The molecule has 5 nitrogen and oxygen atoms in total. The lowest BCUT2D eigenvalue weighted by atomic mass is 10.1. The number of nitrogens with zero attached hydrogens (tertiary/aromatic N) is 5. The van der Waals surface area contributed by atoms with Crippen LogP contribution in [0.5, 0.6) is 0 Å². The molecule has 0 aliphatic carbocycles. The van der Waals surface area contributed by atoms with Crippen molar-refractivity contribution in [2.45, 2.75) is 37.5 Å². The van der Waals surface area contributed by atoms with Crippen LogP contribution in [0.15, 0.2) is 58.9 Å². The number of benzene rings is 1. The summed E-state index contributed by atoms with van der Waals surface area (Å²) in [5.74, 6) is 4.57. The van der Waals surface area contributed by atoms with Crippen LogP contribution in [0.4, 0.5) is 14.5 Å². The quantitative estimate of drug-likeness (QED) is 0.587. The van der Waals surface area contributed by atoms with Crippen LogP contribution in [0.25, 0.3) is 0 Å². The highest BCUT2D eigenvalue weighted by molar-refractivity contribution is 8.15. The fourth-order valence-corrected chi connectivity index (χ4v) is 5.63. The fourth-order valence-electron chi connectivity index (χ4n) is 3.82. The molecule has 0 N–H and O–H groups in total. The molecule has 4 rings (SSSR count). The SMILES string of the molecule is C=S(C1CCN(C)CC1)N(Cc1ccc(C2=NN=C(C(F)F)C2)cn1)c1ccccc1. The number of halogens is 2. The molecule has 1 unspecified atom stereocenters. The van der Waals surface area contributed by atoms with Crippen LogP contribution in [0.1, 0.15) is 30.5 Å².